The molecule has 2 saturated heterocycles. The van der Waals surface area contributed by atoms with Crippen LogP contribution in [0, 0.1) is 5.92 Å². The summed E-state index contributed by atoms with van der Waals surface area (Å²) in [6.07, 6.45) is 4.62. The number of thioether (sulfide) groups is 1. The topological polar surface area (TPSA) is 47.3 Å². The van der Waals surface area contributed by atoms with E-state index in [4.69, 9.17) is 10.6 Å². The fraction of sp³-hybridized carbons (Fsp3) is 0.714. The minimum absolute atomic E-state index is 0.123. The van der Waals surface area contributed by atoms with Gasteiger partial charge < -0.3 is 4.74 Å². The molecular formula is C14H21BrN2OS2. The number of thiophene rings is 1. The molecule has 6 heteroatoms. The monoisotopic (exact) mass is 376 g/mol. The Kier molecular flexibility index (Phi) is 5.10. The second kappa shape index (κ2) is 6.67. The molecule has 0 radical (unpaired) electrons. The number of nitrogens with one attached hydrogen (secondary N) is 1. The molecule has 1 aromatic rings. The molecule has 0 aliphatic carbocycles. The molecule has 0 amide bonds. The van der Waals surface area contributed by atoms with Crippen LogP contribution >= 0.6 is 39.0 Å². The Morgan fingerprint density at radius 1 is 1.45 bits per heavy atom. The van der Waals surface area contributed by atoms with Crippen molar-refractivity contribution in [3.05, 3.63) is 20.8 Å². The SMILES string of the molecule is NNC(c1cc(Br)cs1)C1CCOC2(CCSCC2)C1. The van der Waals surface area contributed by atoms with Crippen molar-refractivity contribution in [3.8, 4) is 0 Å². The van der Waals surface area contributed by atoms with Crippen molar-refractivity contribution in [3.63, 3.8) is 0 Å². The summed E-state index contributed by atoms with van der Waals surface area (Å²) in [4.78, 5) is 1.33. The zero-order chi connectivity index (χ0) is 14.0. The Morgan fingerprint density at radius 2 is 2.25 bits per heavy atom. The van der Waals surface area contributed by atoms with Crippen LogP contribution in [0.15, 0.2) is 15.9 Å². The van der Waals surface area contributed by atoms with Crippen molar-refractivity contribution >= 4 is 39.0 Å². The second-order valence-electron chi connectivity index (χ2n) is 5.71. The maximum absolute atomic E-state index is 6.18. The Balaban J connectivity index is 1.74. The molecule has 0 saturated carbocycles. The molecular weight excluding hydrogens is 356 g/mol. The maximum atomic E-state index is 6.18. The lowest BCUT2D eigenvalue weighted by atomic mass is 9.78. The number of nitrogens with two attached hydrogens (primary N) is 1. The first-order valence-corrected chi connectivity index (χ1v) is 9.97. The standard InChI is InChI=1S/C14H21BrN2OS2/c15-11-7-12(20-9-11)13(17-16)10-1-4-18-14(8-10)2-5-19-6-3-14/h7,9-10,13,17H,1-6,8,16H2. The van der Waals surface area contributed by atoms with Gasteiger partial charge in [0.1, 0.15) is 0 Å². The van der Waals surface area contributed by atoms with Crippen LogP contribution in [0.25, 0.3) is 0 Å². The highest BCUT2D eigenvalue weighted by atomic mass is 79.9. The lowest BCUT2D eigenvalue weighted by Crippen LogP contribution is -2.46. The summed E-state index contributed by atoms with van der Waals surface area (Å²) in [5, 5.41) is 2.13. The molecule has 2 atom stereocenters. The van der Waals surface area contributed by atoms with E-state index in [1.54, 1.807) is 11.3 Å². The quantitative estimate of drug-likeness (QED) is 0.623. The van der Waals surface area contributed by atoms with Crippen molar-refractivity contribution in [2.45, 2.75) is 37.3 Å². The van der Waals surface area contributed by atoms with Gasteiger partial charge in [0.05, 0.1) is 11.6 Å². The number of hydrogen-bond acceptors (Lipinski definition) is 5. The van der Waals surface area contributed by atoms with Crippen molar-refractivity contribution in [2.75, 3.05) is 18.1 Å². The Morgan fingerprint density at radius 3 is 2.90 bits per heavy atom. The highest BCUT2D eigenvalue weighted by Gasteiger charge is 2.41. The first kappa shape index (κ1) is 15.3. The predicted octanol–water partition coefficient (Wildman–Crippen LogP) is 3.71. The van der Waals surface area contributed by atoms with Crippen LogP contribution in [0.2, 0.25) is 0 Å². The van der Waals surface area contributed by atoms with E-state index in [1.165, 1.54) is 29.2 Å². The first-order valence-electron chi connectivity index (χ1n) is 7.14. The fourth-order valence-corrected chi connectivity index (χ4v) is 6.22. The Labute approximate surface area is 137 Å². The van der Waals surface area contributed by atoms with Crippen molar-refractivity contribution < 1.29 is 4.74 Å². The summed E-state index contributed by atoms with van der Waals surface area (Å²) in [6.45, 7) is 0.875. The summed E-state index contributed by atoms with van der Waals surface area (Å²) in [5.74, 6) is 8.90. The van der Waals surface area contributed by atoms with E-state index in [2.05, 4.69) is 44.6 Å². The summed E-state index contributed by atoms with van der Waals surface area (Å²) in [7, 11) is 0. The minimum atomic E-state index is 0.123. The van der Waals surface area contributed by atoms with Gasteiger partial charge in [-0.3, -0.25) is 11.3 Å². The summed E-state index contributed by atoms with van der Waals surface area (Å²) in [6, 6.07) is 2.44. The zero-order valence-electron chi connectivity index (χ0n) is 11.4. The third-order valence-corrected chi connectivity index (χ3v) is 7.24. The number of rotatable bonds is 3. The molecule has 2 fully saturated rings. The van der Waals surface area contributed by atoms with Gasteiger partial charge >= 0.3 is 0 Å². The lowest BCUT2D eigenvalue weighted by molar-refractivity contribution is -0.107. The van der Waals surface area contributed by atoms with Gasteiger partial charge in [0.2, 0.25) is 0 Å². The molecule has 3 rings (SSSR count). The molecule has 3 heterocycles. The Hall–Kier alpha value is 0.410. The summed E-state index contributed by atoms with van der Waals surface area (Å²) in [5.41, 5.74) is 3.17. The first-order chi connectivity index (χ1) is 9.72. The molecule has 3 N–H and O–H groups in total. The van der Waals surface area contributed by atoms with Gasteiger partial charge in [0.25, 0.3) is 0 Å². The van der Waals surface area contributed by atoms with Gasteiger partial charge in [0, 0.05) is 21.3 Å². The largest absolute Gasteiger partial charge is 0.375 e. The molecule has 2 unspecified atom stereocenters. The fourth-order valence-electron chi connectivity index (χ4n) is 3.38. The summed E-state index contributed by atoms with van der Waals surface area (Å²) < 4.78 is 7.33. The smallest absolute Gasteiger partial charge is 0.0701 e. The van der Waals surface area contributed by atoms with Crippen LogP contribution in [-0.2, 0) is 4.74 Å². The van der Waals surface area contributed by atoms with Crippen molar-refractivity contribution in [1.29, 1.82) is 0 Å². The van der Waals surface area contributed by atoms with Crippen LogP contribution in [-0.4, -0.2) is 23.7 Å². The van der Waals surface area contributed by atoms with Crippen molar-refractivity contribution in [1.82, 2.24) is 5.43 Å². The van der Waals surface area contributed by atoms with Gasteiger partial charge in [-0.2, -0.15) is 11.8 Å². The average Bonchev–Trinajstić information content (AvgIpc) is 2.87. The van der Waals surface area contributed by atoms with Crippen LogP contribution in [0.5, 0.6) is 0 Å². The van der Waals surface area contributed by atoms with Gasteiger partial charge in [0.15, 0.2) is 0 Å². The normalized spacial score (nSPS) is 27.6. The number of ether oxygens (including phenoxy) is 1. The van der Waals surface area contributed by atoms with Crippen LogP contribution < -0.4 is 11.3 Å². The van der Waals surface area contributed by atoms with Crippen LogP contribution in [0.3, 0.4) is 0 Å². The molecule has 20 heavy (non-hydrogen) atoms. The molecule has 0 bridgehead atoms. The van der Waals surface area contributed by atoms with Crippen molar-refractivity contribution in [2.24, 2.45) is 11.8 Å². The third-order valence-electron chi connectivity index (χ3n) is 4.48. The molecule has 1 spiro atoms. The van der Waals surface area contributed by atoms with Gasteiger partial charge in [-0.05, 0) is 65.1 Å². The maximum Gasteiger partial charge on any atom is 0.0701 e. The summed E-state index contributed by atoms with van der Waals surface area (Å²) >= 11 is 7.37. The van der Waals surface area contributed by atoms with Crippen LogP contribution in [0.4, 0.5) is 0 Å². The van der Waals surface area contributed by atoms with Gasteiger partial charge in [-0.1, -0.05) is 0 Å². The van der Waals surface area contributed by atoms with E-state index >= 15 is 0 Å². The minimum Gasteiger partial charge on any atom is -0.375 e. The molecule has 2 aliphatic rings. The van der Waals surface area contributed by atoms with E-state index in [9.17, 15) is 0 Å². The van der Waals surface area contributed by atoms with E-state index in [1.807, 2.05) is 0 Å². The molecule has 112 valence electrons. The average molecular weight is 377 g/mol. The Bertz CT molecular complexity index is 443. The van der Waals surface area contributed by atoms with E-state index in [0.29, 0.717) is 5.92 Å². The molecule has 2 aliphatic heterocycles. The third kappa shape index (κ3) is 3.25. The number of halogens is 1. The van der Waals surface area contributed by atoms with Gasteiger partial charge in [-0.15, -0.1) is 11.3 Å². The van der Waals surface area contributed by atoms with E-state index in [0.717, 1.165) is 23.9 Å². The molecule has 1 aromatic heterocycles. The van der Waals surface area contributed by atoms with E-state index < -0.39 is 0 Å². The zero-order valence-corrected chi connectivity index (χ0v) is 14.7. The highest BCUT2D eigenvalue weighted by Crippen LogP contribution is 2.44. The van der Waals surface area contributed by atoms with Crippen LogP contribution in [0.1, 0.15) is 36.6 Å². The van der Waals surface area contributed by atoms with E-state index in [-0.39, 0.29) is 11.6 Å². The second-order valence-corrected chi connectivity index (χ2v) is 8.79. The predicted molar refractivity (Wildman–Crippen MR) is 90.0 cm³/mol. The highest BCUT2D eigenvalue weighted by molar-refractivity contribution is 9.10. The van der Waals surface area contributed by atoms with Gasteiger partial charge in [-0.25, -0.2) is 0 Å². The molecule has 0 aromatic carbocycles. The molecule has 3 nitrogen and oxygen atoms in total. The number of hydrogen-bond donors (Lipinski definition) is 2. The number of hydrazine groups is 1. The lowest BCUT2D eigenvalue weighted by Gasteiger charge is -2.45.